The molecule has 1 aliphatic rings. The van der Waals surface area contributed by atoms with E-state index in [9.17, 15) is 0 Å². The second-order valence-electron chi connectivity index (χ2n) is 5.81. The summed E-state index contributed by atoms with van der Waals surface area (Å²) in [7, 11) is 0. The number of aromatic nitrogens is 4. The van der Waals surface area contributed by atoms with Gasteiger partial charge in [0.05, 0.1) is 23.1 Å². The zero-order chi connectivity index (χ0) is 14.8. The number of nitrogens with zero attached hydrogens (tertiary/aromatic N) is 5. The van der Waals surface area contributed by atoms with Crippen molar-refractivity contribution in [2.24, 2.45) is 0 Å². The largest absolute Gasteiger partial charge is 0.290 e. The molecule has 1 aliphatic heterocycles. The molecule has 0 bridgehead atoms. The quantitative estimate of drug-likeness (QED) is 0.866. The van der Waals surface area contributed by atoms with Crippen LogP contribution < -0.4 is 0 Å². The maximum absolute atomic E-state index is 4.67. The standard InChI is InChI=1S/C16H23N5/c1-4-21-11-14(13(3)19-21)10-20-7-5-6-16(20)15-9-17-8-12(2)18-15/h8-9,11,16H,4-7,10H2,1-3H3. The Morgan fingerprint density at radius 3 is 2.86 bits per heavy atom. The van der Waals surface area contributed by atoms with Gasteiger partial charge in [0, 0.05) is 37.2 Å². The minimum atomic E-state index is 0.391. The van der Waals surface area contributed by atoms with Crippen LogP contribution in [0.15, 0.2) is 18.6 Å². The predicted octanol–water partition coefficient (Wildman–Crippen LogP) is 2.65. The van der Waals surface area contributed by atoms with E-state index < -0.39 is 0 Å². The van der Waals surface area contributed by atoms with E-state index in [1.807, 2.05) is 24.0 Å². The molecular formula is C16H23N5. The van der Waals surface area contributed by atoms with Crippen molar-refractivity contribution >= 4 is 0 Å². The third kappa shape index (κ3) is 2.97. The lowest BCUT2D eigenvalue weighted by atomic mass is 10.1. The van der Waals surface area contributed by atoms with Gasteiger partial charge in [-0.2, -0.15) is 5.10 Å². The molecule has 0 radical (unpaired) electrons. The highest BCUT2D eigenvalue weighted by atomic mass is 15.3. The summed E-state index contributed by atoms with van der Waals surface area (Å²) in [5.74, 6) is 0. The van der Waals surface area contributed by atoms with Crippen LogP contribution in [0.1, 0.15) is 48.5 Å². The van der Waals surface area contributed by atoms with Gasteiger partial charge in [0.25, 0.3) is 0 Å². The molecule has 2 aromatic heterocycles. The molecule has 1 atom stereocenters. The molecule has 0 amide bonds. The molecule has 0 saturated carbocycles. The predicted molar refractivity (Wildman–Crippen MR) is 81.8 cm³/mol. The lowest BCUT2D eigenvalue weighted by molar-refractivity contribution is 0.243. The monoisotopic (exact) mass is 285 g/mol. The van der Waals surface area contributed by atoms with Gasteiger partial charge in [-0.05, 0) is 40.2 Å². The molecule has 112 valence electrons. The van der Waals surface area contributed by atoms with Crippen LogP contribution in [-0.4, -0.2) is 31.2 Å². The van der Waals surface area contributed by atoms with Gasteiger partial charge in [-0.15, -0.1) is 0 Å². The first-order valence-electron chi connectivity index (χ1n) is 7.73. The van der Waals surface area contributed by atoms with Gasteiger partial charge in [0.1, 0.15) is 0 Å². The van der Waals surface area contributed by atoms with E-state index in [4.69, 9.17) is 0 Å². The average molecular weight is 285 g/mol. The lowest BCUT2D eigenvalue weighted by Gasteiger charge is -2.23. The highest BCUT2D eigenvalue weighted by Crippen LogP contribution is 2.32. The highest BCUT2D eigenvalue weighted by Gasteiger charge is 2.28. The fraction of sp³-hybridized carbons (Fsp3) is 0.562. The fourth-order valence-corrected chi connectivity index (χ4v) is 3.09. The Labute approximate surface area is 126 Å². The van der Waals surface area contributed by atoms with Gasteiger partial charge in [0.2, 0.25) is 0 Å². The Morgan fingerprint density at radius 2 is 2.14 bits per heavy atom. The van der Waals surface area contributed by atoms with E-state index in [0.29, 0.717) is 6.04 Å². The molecule has 3 heterocycles. The summed E-state index contributed by atoms with van der Waals surface area (Å²) >= 11 is 0. The topological polar surface area (TPSA) is 46.8 Å². The first kappa shape index (κ1) is 14.2. The minimum Gasteiger partial charge on any atom is -0.290 e. The Kier molecular flexibility index (Phi) is 4.01. The third-order valence-corrected chi connectivity index (χ3v) is 4.22. The first-order chi connectivity index (χ1) is 10.2. The van der Waals surface area contributed by atoms with E-state index in [1.54, 1.807) is 0 Å². The normalized spacial score (nSPS) is 19.3. The SMILES string of the molecule is CCn1cc(CN2CCCC2c2cncc(C)n2)c(C)n1. The molecule has 21 heavy (non-hydrogen) atoms. The van der Waals surface area contributed by atoms with Crippen molar-refractivity contribution in [3.05, 3.63) is 41.2 Å². The fourth-order valence-electron chi connectivity index (χ4n) is 3.09. The van der Waals surface area contributed by atoms with Crippen LogP contribution in [0.3, 0.4) is 0 Å². The number of hydrogen-bond acceptors (Lipinski definition) is 4. The van der Waals surface area contributed by atoms with Crippen LogP contribution >= 0.6 is 0 Å². The van der Waals surface area contributed by atoms with Crippen molar-refractivity contribution in [1.82, 2.24) is 24.6 Å². The summed E-state index contributed by atoms with van der Waals surface area (Å²) in [6.45, 7) is 9.22. The molecular weight excluding hydrogens is 262 g/mol. The number of likely N-dealkylation sites (tertiary alicyclic amines) is 1. The van der Waals surface area contributed by atoms with Gasteiger partial charge >= 0.3 is 0 Å². The number of rotatable bonds is 4. The highest BCUT2D eigenvalue weighted by molar-refractivity contribution is 5.17. The Morgan fingerprint density at radius 1 is 1.29 bits per heavy atom. The van der Waals surface area contributed by atoms with Crippen molar-refractivity contribution in [2.75, 3.05) is 6.54 Å². The smallest absolute Gasteiger partial charge is 0.0761 e. The zero-order valence-electron chi connectivity index (χ0n) is 13.1. The molecule has 1 unspecified atom stereocenters. The Balaban J connectivity index is 1.79. The van der Waals surface area contributed by atoms with E-state index in [1.165, 1.54) is 18.4 Å². The van der Waals surface area contributed by atoms with Gasteiger partial charge < -0.3 is 0 Å². The number of aryl methyl sites for hydroxylation is 3. The van der Waals surface area contributed by atoms with Crippen molar-refractivity contribution < 1.29 is 0 Å². The Bertz CT molecular complexity index is 619. The van der Waals surface area contributed by atoms with E-state index in [0.717, 1.165) is 36.7 Å². The van der Waals surface area contributed by atoms with Crippen LogP contribution in [-0.2, 0) is 13.1 Å². The number of hydrogen-bond donors (Lipinski definition) is 0. The van der Waals surface area contributed by atoms with Crippen molar-refractivity contribution in [1.29, 1.82) is 0 Å². The maximum Gasteiger partial charge on any atom is 0.0761 e. The molecule has 1 fully saturated rings. The van der Waals surface area contributed by atoms with Gasteiger partial charge in [-0.25, -0.2) is 0 Å². The van der Waals surface area contributed by atoms with Crippen molar-refractivity contribution in [3.8, 4) is 0 Å². The molecule has 5 heteroatoms. The van der Waals surface area contributed by atoms with Crippen LogP contribution in [0.5, 0.6) is 0 Å². The van der Waals surface area contributed by atoms with E-state index in [2.05, 4.69) is 40.0 Å². The molecule has 0 aliphatic carbocycles. The van der Waals surface area contributed by atoms with Crippen molar-refractivity contribution in [2.45, 2.75) is 52.7 Å². The molecule has 1 saturated heterocycles. The van der Waals surface area contributed by atoms with Crippen LogP contribution in [0.25, 0.3) is 0 Å². The first-order valence-corrected chi connectivity index (χ1v) is 7.73. The molecule has 0 N–H and O–H groups in total. The summed E-state index contributed by atoms with van der Waals surface area (Å²) in [4.78, 5) is 11.5. The molecule has 2 aromatic rings. The van der Waals surface area contributed by atoms with Gasteiger partial charge in [-0.3, -0.25) is 19.5 Å². The molecule has 0 aromatic carbocycles. The molecule has 5 nitrogen and oxygen atoms in total. The summed E-state index contributed by atoms with van der Waals surface area (Å²) in [5.41, 5.74) is 4.56. The summed E-state index contributed by atoms with van der Waals surface area (Å²) in [6, 6.07) is 0.391. The summed E-state index contributed by atoms with van der Waals surface area (Å²) < 4.78 is 2.02. The third-order valence-electron chi connectivity index (χ3n) is 4.22. The van der Waals surface area contributed by atoms with Gasteiger partial charge in [-0.1, -0.05) is 0 Å². The Hall–Kier alpha value is -1.75. The van der Waals surface area contributed by atoms with Crippen LogP contribution in [0, 0.1) is 13.8 Å². The summed E-state index contributed by atoms with van der Waals surface area (Å²) in [5, 5.41) is 4.55. The van der Waals surface area contributed by atoms with E-state index >= 15 is 0 Å². The lowest BCUT2D eigenvalue weighted by Crippen LogP contribution is -2.24. The molecule has 0 spiro atoms. The molecule has 3 rings (SSSR count). The maximum atomic E-state index is 4.67. The zero-order valence-corrected chi connectivity index (χ0v) is 13.1. The van der Waals surface area contributed by atoms with Crippen LogP contribution in [0.2, 0.25) is 0 Å². The van der Waals surface area contributed by atoms with E-state index in [-0.39, 0.29) is 0 Å². The van der Waals surface area contributed by atoms with Crippen LogP contribution in [0.4, 0.5) is 0 Å². The average Bonchev–Trinajstić information content (AvgIpc) is 3.07. The van der Waals surface area contributed by atoms with Crippen molar-refractivity contribution in [3.63, 3.8) is 0 Å². The van der Waals surface area contributed by atoms with Gasteiger partial charge in [0.15, 0.2) is 0 Å². The second-order valence-corrected chi connectivity index (χ2v) is 5.81. The summed E-state index contributed by atoms with van der Waals surface area (Å²) in [6.07, 6.45) is 8.30. The minimum absolute atomic E-state index is 0.391. The second kappa shape index (κ2) is 5.93.